The van der Waals surface area contributed by atoms with Crippen LogP contribution >= 0.6 is 12.4 Å². The van der Waals surface area contributed by atoms with E-state index in [0.29, 0.717) is 0 Å². The Morgan fingerprint density at radius 3 is 2.65 bits per heavy atom. The van der Waals surface area contributed by atoms with Gasteiger partial charge in [-0.25, -0.2) is 23.7 Å². The maximum absolute atomic E-state index is 15.5. The van der Waals surface area contributed by atoms with E-state index in [2.05, 4.69) is 25.0 Å². The van der Waals surface area contributed by atoms with Gasteiger partial charge in [-0.1, -0.05) is 0 Å². The summed E-state index contributed by atoms with van der Waals surface area (Å²) in [5.74, 6) is -2.03. The first-order valence-corrected chi connectivity index (χ1v) is 9.39. The highest BCUT2D eigenvalue weighted by molar-refractivity contribution is 6.02. The highest BCUT2D eigenvalue weighted by Crippen LogP contribution is 2.48. The number of aromatic nitrogens is 2. The lowest BCUT2D eigenvalue weighted by Crippen LogP contribution is -2.55. The number of carbonyl (C=O) groups is 1. The molecule has 15 heteroatoms. The molecule has 2 aliphatic rings. The van der Waals surface area contributed by atoms with Gasteiger partial charge in [-0.3, -0.25) is 4.79 Å². The third-order valence-electron chi connectivity index (χ3n) is 5.05. The fourth-order valence-electron chi connectivity index (χ4n) is 3.47. The van der Waals surface area contributed by atoms with Gasteiger partial charge >= 0.3 is 6.18 Å². The molecular formula is C19H17ClF5N5O4. The molecule has 1 saturated heterocycles. The van der Waals surface area contributed by atoms with Gasteiger partial charge in [0.05, 0.1) is 25.6 Å². The number of ether oxygens (including phenoxy) is 3. The van der Waals surface area contributed by atoms with E-state index in [1.807, 2.05) is 0 Å². The number of halogens is 6. The van der Waals surface area contributed by atoms with Gasteiger partial charge in [0.1, 0.15) is 18.1 Å². The summed E-state index contributed by atoms with van der Waals surface area (Å²) in [7, 11) is 0. The van der Waals surface area contributed by atoms with Gasteiger partial charge in [0, 0.05) is 11.3 Å². The van der Waals surface area contributed by atoms with Crippen molar-refractivity contribution < 1.29 is 41.0 Å². The van der Waals surface area contributed by atoms with Crippen molar-refractivity contribution in [3.63, 3.8) is 0 Å². The molecule has 0 aliphatic carbocycles. The highest BCUT2D eigenvalue weighted by atomic mass is 35.5. The Morgan fingerprint density at radius 2 is 1.97 bits per heavy atom. The van der Waals surface area contributed by atoms with Crippen molar-refractivity contribution in [1.82, 2.24) is 9.97 Å². The van der Waals surface area contributed by atoms with Gasteiger partial charge in [0.2, 0.25) is 5.88 Å². The molecule has 3 N–H and O–H groups in total. The van der Waals surface area contributed by atoms with Crippen LogP contribution in [0.1, 0.15) is 16.1 Å². The molecule has 1 fully saturated rings. The van der Waals surface area contributed by atoms with E-state index in [-0.39, 0.29) is 42.0 Å². The first-order valence-electron chi connectivity index (χ1n) is 9.39. The van der Waals surface area contributed by atoms with Crippen LogP contribution in [0.3, 0.4) is 0 Å². The Labute approximate surface area is 194 Å². The molecule has 1 amide bonds. The number of alkyl halides is 4. The van der Waals surface area contributed by atoms with Gasteiger partial charge < -0.3 is 25.3 Å². The molecule has 4 rings (SSSR count). The minimum atomic E-state index is -4.56. The van der Waals surface area contributed by atoms with Crippen molar-refractivity contribution >= 4 is 30.0 Å². The monoisotopic (exact) mass is 509 g/mol. The Balaban J connectivity index is 0.00000324. The molecule has 184 valence electrons. The number of fused-ring (bicyclic) bond motifs is 1. The SMILES string of the molecule is Cl.NC1=NC2(c3cc(NC(=O)c4cnc(OCC(F)(F)F)cn4)ccc3F)COCC2(F)CO1. The number of hydrogen-bond donors (Lipinski definition) is 2. The fraction of sp³-hybridized carbons (Fsp3) is 0.368. The second kappa shape index (κ2) is 9.18. The predicted molar refractivity (Wildman–Crippen MR) is 109 cm³/mol. The van der Waals surface area contributed by atoms with Crippen LogP contribution in [0.5, 0.6) is 5.88 Å². The lowest BCUT2D eigenvalue weighted by Gasteiger charge is -2.38. The number of hydrogen-bond acceptors (Lipinski definition) is 8. The third-order valence-corrected chi connectivity index (χ3v) is 5.05. The summed E-state index contributed by atoms with van der Waals surface area (Å²) in [4.78, 5) is 23.8. The number of amides is 1. The van der Waals surface area contributed by atoms with Crippen molar-refractivity contribution in [2.45, 2.75) is 17.4 Å². The van der Waals surface area contributed by atoms with E-state index >= 15 is 4.39 Å². The van der Waals surface area contributed by atoms with Gasteiger partial charge in [-0.05, 0) is 18.2 Å². The van der Waals surface area contributed by atoms with Crippen LogP contribution in [0.2, 0.25) is 0 Å². The van der Waals surface area contributed by atoms with Gasteiger partial charge in [-0.15, -0.1) is 12.4 Å². The molecule has 0 spiro atoms. The Morgan fingerprint density at radius 1 is 1.21 bits per heavy atom. The average molecular weight is 510 g/mol. The summed E-state index contributed by atoms with van der Waals surface area (Å²) in [6.07, 6.45) is -2.80. The van der Waals surface area contributed by atoms with Crippen LogP contribution in [0.4, 0.5) is 27.6 Å². The molecule has 0 radical (unpaired) electrons. The molecule has 2 aliphatic heterocycles. The number of rotatable bonds is 5. The van der Waals surface area contributed by atoms with E-state index in [0.717, 1.165) is 18.5 Å². The maximum atomic E-state index is 15.5. The van der Waals surface area contributed by atoms with Crippen LogP contribution < -0.4 is 15.8 Å². The van der Waals surface area contributed by atoms with E-state index in [4.69, 9.17) is 15.2 Å². The number of aliphatic imine (C=N–C) groups is 1. The van der Waals surface area contributed by atoms with Gasteiger partial charge in [0.25, 0.3) is 11.9 Å². The molecule has 1 aromatic carbocycles. The Bertz CT molecular complexity index is 1100. The molecule has 9 nitrogen and oxygen atoms in total. The predicted octanol–water partition coefficient (Wildman–Crippen LogP) is 2.51. The van der Waals surface area contributed by atoms with Crippen molar-refractivity contribution in [2.24, 2.45) is 10.7 Å². The Hall–Kier alpha value is -3.26. The summed E-state index contributed by atoms with van der Waals surface area (Å²) in [6, 6.07) is 3.10. The second-order valence-electron chi connectivity index (χ2n) is 7.35. The largest absolute Gasteiger partial charge is 0.467 e. The molecule has 1 aromatic heterocycles. The second-order valence-corrected chi connectivity index (χ2v) is 7.35. The topological polar surface area (TPSA) is 121 Å². The summed E-state index contributed by atoms with van der Waals surface area (Å²) in [5, 5.41) is 2.44. The molecule has 34 heavy (non-hydrogen) atoms. The molecule has 2 unspecified atom stereocenters. The minimum absolute atomic E-state index is 0. The van der Waals surface area contributed by atoms with E-state index < -0.39 is 54.8 Å². The number of benzene rings is 1. The van der Waals surface area contributed by atoms with Crippen molar-refractivity contribution in [1.29, 1.82) is 0 Å². The molecule has 2 atom stereocenters. The molecule has 0 saturated carbocycles. The van der Waals surface area contributed by atoms with Crippen LogP contribution in [0, 0.1) is 5.82 Å². The maximum Gasteiger partial charge on any atom is 0.422 e. The summed E-state index contributed by atoms with van der Waals surface area (Å²) >= 11 is 0. The van der Waals surface area contributed by atoms with Gasteiger partial charge in [-0.2, -0.15) is 13.2 Å². The first-order chi connectivity index (χ1) is 15.5. The Kier molecular flexibility index (Phi) is 6.85. The van der Waals surface area contributed by atoms with E-state index in [1.165, 1.54) is 12.1 Å². The lowest BCUT2D eigenvalue weighted by molar-refractivity contribution is -0.154. The van der Waals surface area contributed by atoms with E-state index in [1.54, 1.807) is 0 Å². The van der Waals surface area contributed by atoms with Crippen LogP contribution in [-0.4, -0.2) is 60.2 Å². The smallest absolute Gasteiger partial charge is 0.422 e. The van der Waals surface area contributed by atoms with Crippen LogP contribution in [-0.2, 0) is 15.0 Å². The zero-order valence-corrected chi connectivity index (χ0v) is 17.9. The molecule has 2 aromatic rings. The minimum Gasteiger partial charge on any atom is -0.467 e. The number of nitrogens with one attached hydrogen (secondary N) is 1. The summed E-state index contributed by atoms with van der Waals surface area (Å²) < 4.78 is 81.5. The lowest BCUT2D eigenvalue weighted by atomic mass is 9.78. The third kappa shape index (κ3) is 4.82. The average Bonchev–Trinajstić information content (AvgIpc) is 3.10. The molecule has 0 bridgehead atoms. The van der Waals surface area contributed by atoms with Crippen LogP contribution in [0.15, 0.2) is 35.6 Å². The van der Waals surface area contributed by atoms with E-state index in [9.17, 15) is 22.4 Å². The fourth-order valence-corrected chi connectivity index (χ4v) is 3.47. The standard InChI is InChI=1S/C19H16F5N5O4.ClH/c20-12-2-1-10(3-11(12)18-8-31-6-17(18,21)7-33-16(25)29-18)28-15(30)13-4-27-14(5-26-13)32-9-19(22,23)24;/h1-5H,6-9H2,(H2,25,29)(H,28,30);1H. The molecule has 3 heterocycles. The van der Waals surface area contributed by atoms with Crippen molar-refractivity contribution in [3.05, 3.63) is 47.7 Å². The highest BCUT2D eigenvalue weighted by Gasteiger charge is 2.62. The number of nitrogens with zero attached hydrogens (tertiary/aromatic N) is 3. The number of amidine groups is 1. The number of carbonyl (C=O) groups excluding carboxylic acids is 1. The summed E-state index contributed by atoms with van der Waals surface area (Å²) in [6.45, 7) is -2.74. The number of nitrogens with two attached hydrogens (primary N) is 1. The zero-order valence-electron chi connectivity index (χ0n) is 17.1. The van der Waals surface area contributed by atoms with Crippen molar-refractivity contribution in [3.8, 4) is 5.88 Å². The van der Waals surface area contributed by atoms with Crippen molar-refractivity contribution in [2.75, 3.05) is 31.7 Å². The number of anilines is 1. The first kappa shape index (κ1) is 25.4. The van der Waals surface area contributed by atoms with Crippen LogP contribution in [0.25, 0.3) is 0 Å². The van der Waals surface area contributed by atoms with Gasteiger partial charge in [0.15, 0.2) is 17.8 Å². The molecular weight excluding hydrogens is 493 g/mol. The summed E-state index contributed by atoms with van der Waals surface area (Å²) in [5.41, 5.74) is 1.22. The quantitative estimate of drug-likeness (QED) is 0.594. The normalized spacial score (nSPS) is 23.7. The zero-order chi connectivity index (χ0) is 23.9.